The molecule has 0 fully saturated rings. The highest BCUT2D eigenvalue weighted by molar-refractivity contribution is 5.95. The van der Waals surface area contributed by atoms with Crippen LogP contribution >= 0.6 is 0 Å². The van der Waals surface area contributed by atoms with Crippen LogP contribution in [0.3, 0.4) is 0 Å². The van der Waals surface area contributed by atoms with Crippen LogP contribution < -0.4 is 27.0 Å². The van der Waals surface area contributed by atoms with Crippen molar-refractivity contribution < 1.29 is 24.2 Å². The third-order valence-corrected chi connectivity index (χ3v) is 4.93. The van der Waals surface area contributed by atoms with Crippen molar-refractivity contribution in [3.8, 4) is 0 Å². The van der Waals surface area contributed by atoms with Crippen LogP contribution in [-0.2, 0) is 16.1 Å². The fraction of sp³-hybridized carbons (Fsp3) is 0.348. The first-order valence-electron chi connectivity index (χ1n) is 11.2. The van der Waals surface area contributed by atoms with Crippen molar-refractivity contribution in [2.45, 2.75) is 39.0 Å². The topological polar surface area (TPSA) is 212 Å². The van der Waals surface area contributed by atoms with E-state index >= 15 is 0 Å². The molecule has 0 saturated carbocycles. The van der Waals surface area contributed by atoms with Crippen molar-refractivity contribution in [1.29, 1.82) is 0 Å². The maximum Gasteiger partial charge on any atom is 0.408 e. The third kappa shape index (κ3) is 7.37. The molecule has 0 spiro atoms. The number of carboxylic acid groups (broad SMARTS) is 1. The van der Waals surface area contributed by atoms with Gasteiger partial charge < -0.3 is 36.8 Å². The molecule has 7 N–H and O–H groups in total. The summed E-state index contributed by atoms with van der Waals surface area (Å²) in [4.78, 5) is 54.4. The number of ether oxygens (including phenoxy) is 1. The molecule has 196 valence electrons. The molecule has 0 aliphatic carbocycles. The maximum atomic E-state index is 12.5. The van der Waals surface area contributed by atoms with Crippen LogP contribution in [0.5, 0.6) is 0 Å². The Hall–Kier alpha value is -4.75. The van der Waals surface area contributed by atoms with Crippen LogP contribution in [0.2, 0.25) is 0 Å². The number of hydrogen-bond donors (Lipinski definition) is 5. The van der Waals surface area contributed by atoms with Gasteiger partial charge in [-0.25, -0.2) is 19.6 Å². The molecule has 0 aliphatic heterocycles. The van der Waals surface area contributed by atoms with Crippen LogP contribution in [0.25, 0.3) is 11.2 Å². The SMILES string of the molecule is CN(Cc1cnc2nc(N)nc(N)c2n1)c1ccc(C(=O)NCC(NC(=O)OC(C)(C)C)C(=O)O)cc1. The molecule has 14 nitrogen and oxygen atoms in total. The first kappa shape index (κ1) is 26.8. The predicted octanol–water partition coefficient (Wildman–Crippen LogP) is 0.928. The highest BCUT2D eigenvalue weighted by Gasteiger charge is 2.24. The number of rotatable bonds is 8. The van der Waals surface area contributed by atoms with Crippen LogP contribution in [0.15, 0.2) is 30.5 Å². The second kappa shape index (κ2) is 10.9. The number of aliphatic carboxylic acids is 1. The maximum absolute atomic E-state index is 12.5. The Morgan fingerprint density at radius 3 is 2.41 bits per heavy atom. The first-order valence-corrected chi connectivity index (χ1v) is 11.2. The standard InChI is InChI=1S/C23H29N9O5/c1-23(2,3)37-22(36)29-15(20(34)35)10-27-19(33)12-5-7-14(8-6-12)32(4)11-13-9-26-18-16(28-13)17(24)30-21(25)31-18/h5-9,15H,10-11H2,1-4H3,(H,27,33)(H,29,36)(H,34,35)(H4,24,25,26,30,31). The lowest BCUT2D eigenvalue weighted by Crippen LogP contribution is -2.49. The second-order valence-corrected chi connectivity index (χ2v) is 9.15. The van der Waals surface area contributed by atoms with Gasteiger partial charge in [-0.2, -0.15) is 9.97 Å². The normalized spacial score (nSPS) is 12.0. The van der Waals surface area contributed by atoms with Crippen molar-refractivity contribution in [3.63, 3.8) is 0 Å². The number of carbonyl (C=O) groups is 3. The zero-order chi connectivity index (χ0) is 27.3. The molecular formula is C23H29N9O5. The number of anilines is 3. The molecule has 0 radical (unpaired) electrons. The molecule has 0 aliphatic rings. The molecule has 3 rings (SSSR count). The van der Waals surface area contributed by atoms with Crippen LogP contribution in [0.4, 0.5) is 22.2 Å². The molecule has 37 heavy (non-hydrogen) atoms. The Bertz CT molecular complexity index is 1310. The van der Waals surface area contributed by atoms with Gasteiger partial charge in [0.1, 0.15) is 11.6 Å². The molecule has 0 saturated heterocycles. The molecule has 2 amide bonds. The highest BCUT2D eigenvalue weighted by atomic mass is 16.6. The van der Waals surface area contributed by atoms with Gasteiger partial charge in [0.15, 0.2) is 17.0 Å². The van der Waals surface area contributed by atoms with Gasteiger partial charge in [-0.15, -0.1) is 0 Å². The van der Waals surface area contributed by atoms with E-state index in [2.05, 4.69) is 30.6 Å². The predicted molar refractivity (Wildman–Crippen MR) is 136 cm³/mol. The van der Waals surface area contributed by atoms with Crippen LogP contribution in [-0.4, -0.2) is 68.2 Å². The largest absolute Gasteiger partial charge is 0.480 e. The average molecular weight is 512 g/mol. The van der Waals surface area contributed by atoms with E-state index in [1.165, 1.54) is 0 Å². The summed E-state index contributed by atoms with van der Waals surface area (Å²) in [7, 11) is 1.84. The van der Waals surface area contributed by atoms with Gasteiger partial charge in [-0.1, -0.05) is 0 Å². The molecule has 1 atom stereocenters. The fourth-order valence-corrected chi connectivity index (χ4v) is 3.21. The van der Waals surface area contributed by atoms with Gasteiger partial charge in [0.05, 0.1) is 18.4 Å². The Balaban J connectivity index is 1.60. The van der Waals surface area contributed by atoms with E-state index in [0.717, 1.165) is 5.69 Å². The number of nitrogens with zero attached hydrogens (tertiary/aromatic N) is 5. The van der Waals surface area contributed by atoms with Gasteiger partial charge in [0.2, 0.25) is 5.95 Å². The minimum absolute atomic E-state index is 0.0195. The van der Waals surface area contributed by atoms with Crippen molar-refractivity contribution in [2.75, 3.05) is 30.0 Å². The molecule has 14 heteroatoms. The van der Waals surface area contributed by atoms with Crippen molar-refractivity contribution in [3.05, 3.63) is 41.7 Å². The number of alkyl carbamates (subject to hydrolysis) is 1. The van der Waals surface area contributed by atoms with E-state index in [1.54, 1.807) is 51.2 Å². The van der Waals surface area contributed by atoms with E-state index in [9.17, 15) is 19.5 Å². The molecule has 2 heterocycles. The van der Waals surface area contributed by atoms with E-state index < -0.39 is 29.6 Å². The van der Waals surface area contributed by atoms with Crippen LogP contribution in [0.1, 0.15) is 36.8 Å². The quantitative estimate of drug-likeness (QED) is 0.286. The summed E-state index contributed by atoms with van der Waals surface area (Å²) in [5.41, 5.74) is 13.0. The number of fused-ring (bicyclic) bond motifs is 1. The summed E-state index contributed by atoms with van der Waals surface area (Å²) in [5, 5.41) is 14.1. The highest BCUT2D eigenvalue weighted by Crippen LogP contribution is 2.18. The Morgan fingerprint density at radius 1 is 1.11 bits per heavy atom. The third-order valence-electron chi connectivity index (χ3n) is 4.93. The second-order valence-electron chi connectivity index (χ2n) is 9.15. The summed E-state index contributed by atoms with van der Waals surface area (Å²) in [6.07, 6.45) is 0.675. The summed E-state index contributed by atoms with van der Waals surface area (Å²) >= 11 is 0. The minimum Gasteiger partial charge on any atom is -0.480 e. The molecule has 0 bridgehead atoms. The Labute approximate surface area is 212 Å². The zero-order valence-electron chi connectivity index (χ0n) is 20.8. The van der Waals surface area contributed by atoms with Crippen LogP contribution in [0, 0.1) is 0 Å². The molecule has 3 aromatic rings. The molecule has 1 unspecified atom stereocenters. The number of benzene rings is 1. The van der Waals surface area contributed by atoms with E-state index in [1.807, 2.05) is 11.9 Å². The average Bonchev–Trinajstić information content (AvgIpc) is 2.80. The lowest BCUT2D eigenvalue weighted by atomic mass is 10.1. The molecule has 2 aromatic heterocycles. The number of nitrogens with two attached hydrogens (primary N) is 2. The monoisotopic (exact) mass is 511 g/mol. The van der Waals surface area contributed by atoms with Crippen molar-refractivity contribution in [2.24, 2.45) is 0 Å². The zero-order valence-corrected chi connectivity index (χ0v) is 20.8. The summed E-state index contributed by atoms with van der Waals surface area (Å²) in [5.74, 6) is -1.65. The van der Waals surface area contributed by atoms with Crippen molar-refractivity contribution in [1.82, 2.24) is 30.6 Å². The first-order chi connectivity index (χ1) is 17.3. The van der Waals surface area contributed by atoms with E-state index in [-0.39, 0.29) is 18.3 Å². The van der Waals surface area contributed by atoms with Gasteiger partial charge >= 0.3 is 12.1 Å². The minimum atomic E-state index is -1.36. The molecular weight excluding hydrogens is 482 g/mol. The number of hydrogen-bond acceptors (Lipinski definition) is 11. The number of aromatic nitrogens is 4. The van der Waals surface area contributed by atoms with Gasteiger partial charge in [-0.3, -0.25) is 4.79 Å². The summed E-state index contributed by atoms with van der Waals surface area (Å²) < 4.78 is 5.06. The molecule has 1 aromatic carbocycles. The van der Waals surface area contributed by atoms with Gasteiger partial charge in [-0.05, 0) is 45.0 Å². The number of carboxylic acids is 1. The Morgan fingerprint density at radius 2 is 1.78 bits per heavy atom. The van der Waals surface area contributed by atoms with Gasteiger partial charge in [0, 0.05) is 24.8 Å². The lowest BCUT2D eigenvalue weighted by molar-refractivity contribution is -0.139. The number of amides is 2. The number of nitrogen functional groups attached to an aromatic ring is 2. The number of nitrogens with one attached hydrogen (secondary N) is 2. The summed E-state index contributed by atoms with van der Waals surface area (Å²) in [6, 6.07) is 5.30. The number of carbonyl (C=O) groups excluding carboxylic acids is 2. The van der Waals surface area contributed by atoms with Gasteiger partial charge in [0.25, 0.3) is 5.91 Å². The summed E-state index contributed by atoms with van der Waals surface area (Å²) in [6.45, 7) is 5.02. The Kier molecular flexibility index (Phi) is 7.90. The van der Waals surface area contributed by atoms with Crippen molar-refractivity contribution >= 4 is 46.6 Å². The van der Waals surface area contributed by atoms with E-state index in [0.29, 0.717) is 29.0 Å². The van der Waals surface area contributed by atoms with E-state index in [4.69, 9.17) is 16.2 Å². The smallest absolute Gasteiger partial charge is 0.408 e. The lowest BCUT2D eigenvalue weighted by Gasteiger charge is -2.22. The fourth-order valence-electron chi connectivity index (χ4n) is 3.21.